The Bertz CT molecular complexity index is 1030. The summed E-state index contributed by atoms with van der Waals surface area (Å²) in [4.78, 5) is 23.2. The summed E-state index contributed by atoms with van der Waals surface area (Å²) in [5.74, 6) is 1.55. The lowest BCUT2D eigenvalue weighted by molar-refractivity contribution is -0.123. The van der Waals surface area contributed by atoms with Crippen LogP contribution < -0.4 is 25.2 Å². The number of carbonyl (C=O) groups is 1. The third kappa shape index (κ3) is 3.46. The summed E-state index contributed by atoms with van der Waals surface area (Å²) in [6.45, 7) is 0.420. The fraction of sp³-hybridized carbons (Fsp3) is 0.158. The van der Waals surface area contributed by atoms with Gasteiger partial charge in [-0.1, -0.05) is 6.07 Å². The summed E-state index contributed by atoms with van der Waals surface area (Å²) in [5.41, 5.74) is 0.877. The minimum atomic E-state index is -0.434. The molecule has 132 valence electrons. The first-order chi connectivity index (χ1) is 12.7. The number of hydrogen-bond acceptors (Lipinski definition) is 6. The highest BCUT2D eigenvalue weighted by Crippen LogP contribution is 2.32. The molecule has 0 saturated heterocycles. The van der Waals surface area contributed by atoms with Gasteiger partial charge in [0, 0.05) is 24.1 Å². The molecule has 2 heterocycles. The van der Waals surface area contributed by atoms with E-state index in [4.69, 9.17) is 18.6 Å². The van der Waals surface area contributed by atoms with E-state index in [1.165, 1.54) is 6.07 Å². The molecule has 1 aliphatic rings. The fourth-order valence-electron chi connectivity index (χ4n) is 2.58. The van der Waals surface area contributed by atoms with E-state index in [9.17, 15) is 9.59 Å². The molecule has 1 aliphatic heterocycles. The van der Waals surface area contributed by atoms with Crippen LogP contribution in [0, 0.1) is 0 Å². The molecular weight excluding hydrogens is 338 g/mol. The van der Waals surface area contributed by atoms with Crippen molar-refractivity contribution < 1.29 is 23.4 Å². The lowest BCUT2D eigenvalue weighted by Crippen LogP contribution is -2.28. The number of nitrogens with one attached hydrogen (secondary N) is 1. The van der Waals surface area contributed by atoms with E-state index in [-0.39, 0.29) is 19.3 Å². The third-order valence-electron chi connectivity index (χ3n) is 3.89. The van der Waals surface area contributed by atoms with Crippen LogP contribution in [0.1, 0.15) is 5.56 Å². The van der Waals surface area contributed by atoms with Crippen molar-refractivity contribution in [1.29, 1.82) is 0 Å². The first-order valence-electron chi connectivity index (χ1n) is 7.99. The van der Waals surface area contributed by atoms with Crippen LogP contribution in [0.4, 0.5) is 0 Å². The maximum atomic E-state index is 12.0. The molecule has 26 heavy (non-hydrogen) atoms. The molecule has 0 spiro atoms. The van der Waals surface area contributed by atoms with Crippen molar-refractivity contribution in [2.24, 2.45) is 0 Å². The molecule has 0 fully saturated rings. The fourth-order valence-corrected chi connectivity index (χ4v) is 2.58. The van der Waals surface area contributed by atoms with Gasteiger partial charge < -0.3 is 23.9 Å². The van der Waals surface area contributed by atoms with Crippen molar-refractivity contribution >= 4 is 16.9 Å². The van der Waals surface area contributed by atoms with Crippen molar-refractivity contribution in [3.05, 3.63) is 64.5 Å². The summed E-state index contributed by atoms with van der Waals surface area (Å²) < 4.78 is 21.1. The van der Waals surface area contributed by atoms with Crippen LogP contribution in [-0.4, -0.2) is 19.3 Å². The highest BCUT2D eigenvalue weighted by molar-refractivity contribution is 5.79. The first-order valence-corrected chi connectivity index (χ1v) is 7.99. The first kappa shape index (κ1) is 16.0. The molecule has 7 nitrogen and oxygen atoms in total. The monoisotopic (exact) mass is 353 g/mol. The van der Waals surface area contributed by atoms with Crippen LogP contribution in [0.5, 0.6) is 17.2 Å². The molecule has 1 amide bonds. The van der Waals surface area contributed by atoms with E-state index >= 15 is 0 Å². The molecule has 3 aromatic rings. The molecule has 1 N–H and O–H groups in total. The van der Waals surface area contributed by atoms with E-state index in [1.54, 1.807) is 24.3 Å². The van der Waals surface area contributed by atoms with E-state index in [1.807, 2.05) is 18.2 Å². The molecular formula is C19H15NO6. The van der Waals surface area contributed by atoms with Crippen molar-refractivity contribution in [3.8, 4) is 17.2 Å². The number of benzene rings is 2. The standard InChI is InChI=1S/C19H15NO6/c21-18(20-9-12-1-5-15-17(7-12)25-11-24-15)10-23-14-4-2-13-3-6-19(22)26-16(13)8-14/h1-8H,9-11H2,(H,20,21). The maximum absolute atomic E-state index is 12.0. The zero-order valence-electron chi connectivity index (χ0n) is 13.7. The summed E-state index contributed by atoms with van der Waals surface area (Å²) in [5, 5.41) is 3.55. The van der Waals surface area contributed by atoms with Gasteiger partial charge >= 0.3 is 5.63 Å². The Morgan fingerprint density at radius 1 is 1.04 bits per heavy atom. The van der Waals surface area contributed by atoms with Gasteiger partial charge in [0.15, 0.2) is 18.1 Å². The molecule has 0 atom stereocenters. The normalized spacial score (nSPS) is 12.2. The van der Waals surface area contributed by atoms with Crippen LogP contribution >= 0.6 is 0 Å². The lowest BCUT2D eigenvalue weighted by Gasteiger charge is -2.08. The number of amides is 1. The quantitative estimate of drug-likeness (QED) is 0.708. The molecule has 1 aromatic heterocycles. The van der Waals surface area contributed by atoms with Crippen molar-refractivity contribution in [3.63, 3.8) is 0 Å². The largest absolute Gasteiger partial charge is 0.484 e. The molecule has 0 unspecified atom stereocenters. The Hall–Kier alpha value is -3.48. The van der Waals surface area contributed by atoms with Crippen molar-refractivity contribution in [2.45, 2.75) is 6.54 Å². The zero-order chi connectivity index (χ0) is 17.9. The summed E-state index contributed by atoms with van der Waals surface area (Å²) in [6, 6.07) is 13.6. The Kier molecular flexibility index (Phi) is 4.18. The SMILES string of the molecule is O=C(COc1ccc2ccc(=O)oc2c1)NCc1ccc2c(c1)OCO2. The third-order valence-corrected chi connectivity index (χ3v) is 3.89. The minimum Gasteiger partial charge on any atom is -0.484 e. The summed E-state index contributed by atoms with van der Waals surface area (Å²) >= 11 is 0. The van der Waals surface area contributed by atoms with Gasteiger partial charge in [-0.3, -0.25) is 4.79 Å². The summed E-state index contributed by atoms with van der Waals surface area (Å²) in [6.07, 6.45) is 0. The average Bonchev–Trinajstić information content (AvgIpc) is 3.12. The van der Waals surface area contributed by atoms with E-state index in [2.05, 4.69) is 5.32 Å². The molecule has 2 aromatic carbocycles. The topological polar surface area (TPSA) is 87.0 Å². The predicted octanol–water partition coefficient (Wildman–Crippen LogP) is 2.22. The molecule has 0 saturated carbocycles. The second-order valence-electron chi connectivity index (χ2n) is 5.71. The molecule has 0 bridgehead atoms. The van der Waals surface area contributed by atoms with Gasteiger partial charge in [-0.15, -0.1) is 0 Å². The zero-order valence-corrected chi connectivity index (χ0v) is 13.7. The van der Waals surface area contributed by atoms with Crippen LogP contribution in [0.15, 0.2) is 57.7 Å². The van der Waals surface area contributed by atoms with Crippen LogP contribution in [0.3, 0.4) is 0 Å². The van der Waals surface area contributed by atoms with Gasteiger partial charge in [0.05, 0.1) is 0 Å². The van der Waals surface area contributed by atoms with Crippen molar-refractivity contribution in [1.82, 2.24) is 5.32 Å². The molecule has 0 radical (unpaired) electrons. The van der Waals surface area contributed by atoms with Gasteiger partial charge in [-0.25, -0.2) is 4.79 Å². The highest BCUT2D eigenvalue weighted by atomic mass is 16.7. The number of ether oxygens (including phenoxy) is 3. The van der Waals surface area contributed by atoms with Gasteiger partial charge in [0.1, 0.15) is 11.3 Å². The number of hydrogen-bond donors (Lipinski definition) is 1. The van der Waals surface area contributed by atoms with E-state index < -0.39 is 5.63 Å². The predicted molar refractivity (Wildman–Crippen MR) is 92.4 cm³/mol. The molecule has 0 aliphatic carbocycles. The second kappa shape index (κ2) is 6.79. The van der Waals surface area contributed by atoms with Crippen LogP contribution in [-0.2, 0) is 11.3 Å². The van der Waals surface area contributed by atoms with Crippen LogP contribution in [0.2, 0.25) is 0 Å². The average molecular weight is 353 g/mol. The Labute approximate surface area is 148 Å². The number of fused-ring (bicyclic) bond motifs is 2. The van der Waals surface area contributed by atoms with E-state index in [0.29, 0.717) is 29.4 Å². The Balaban J connectivity index is 1.33. The lowest BCUT2D eigenvalue weighted by atomic mass is 10.2. The van der Waals surface area contributed by atoms with Crippen LogP contribution in [0.25, 0.3) is 11.0 Å². The molecule has 4 rings (SSSR count). The highest BCUT2D eigenvalue weighted by Gasteiger charge is 2.13. The van der Waals surface area contributed by atoms with E-state index in [0.717, 1.165) is 10.9 Å². The van der Waals surface area contributed by atoms with Gasteiger partial charge in [0.25, 0.3) is 5.91 Å². The number of carbonyl (C=O) groups excluding carboxylic acids is 1. The van der Waals surface area contributed by atoms with Gasteiger partial charge in [0.2, 0.25) is 6.79 Å². The van der Waals surface area contributed by atoms with Crippen molar-refractivity contribution in [2.75, 3.05) is 13.4 Å². The smallest absolute Gasteiger partial charge is 0.336 e. The summed E-state index contributed by atoms with van der Waals surface area (Å²) in [7, 11) is 0. The number of rotatable bonds is 5. The molecule has 7 heteroatoms. The minimum absolute atomic E-state index is 0.146. The second-order valence-corrected chi connectivity index (χ2v) is 5.71. The van der Waals surface area contributed by atoms with Gasteiger partial charge in [-0.2, -0.15) is 0 Å². The Morgan fingerprint density at radius 3 is 2.81 bits per heavy atom. The Morgan fingerprint density at radius 2 is 1.88 bits per heavy atom. The maximum Gasteiger partial charge on any atom is 0.336 e. The van der Waals surface area contributed by atoms with Gasteiger partial charge in [-0.05, 0) is 35.9 Å².